The van der Waals surface area contributed by atoms with Crippen LogP contribution in [0.1, 0.15) is 52.4 Å². The minimum atomic E-state index is 0.872. The molecule has 0 radical (unpaired) electrons. The lowest BCUT2D eigenvalue weighted by Gasteiger charge is -2.23. The molecule has 2 saturated carbocycles. The van der Waals surface area contributed by atoms with Gasteiger partial charge in [0.25, 0.3) is 0 Å². The minimum Gasteiger partial charge on any atom is -0.314 e. The third kappa shape index (κ3) is 2.50. The van der Waals surface area contributed by atoms with E-state index in [0.29, 0.717) is 0 Å². The molecule has 2 fully saturated rings. The van der Waals surface area contributed by atoms with E-state index in [1.54, 1.807) is 0 Å². The van der Waals surface area contributed by atoms with Gasteiger partial charge in [0.1, 0.15) is 0 Å². The Morgan fingerprint density at radius 1 is 1.21 bits per heavy atom. The number of hydrogen-bond acceptors (Lipinski definition) is 1. The van der Waals surface area contributed by atoms with Gasteiger partial charge >= 0.3 is 0 Å². The van der Waals surface area contributed by atoms with Crippen LogP contribution in [0.3, 0.4) is 0 Å². The highest BCUT2D eigenvalue weighted by atomic mass is 14.9. The predicted molar refractivity (Wildman–Crippen MR) is 61.3 cm³/mol. The first-order valence-corrected chi connectivity index (χ1v) is 6.49. The number of hydrogen-bond donors (Lipinski definition) is 1. The molecule has 0 heterocycles. The molecule has 0 saturated heterocycles. The van der Waals surface area contributed by atoms with Gasteiger partial charge in [-0.25, -0.2) is 0 Å². The van der Waals surface area contributed by atoms with Crippen molar-refractivity contribution in [3.8, 4) is 0 Å². The van der Waals surface area contributed by atoms with Crippen LogP contribution in [0.5, 0.6) is 0 Å². The molecule has 0 amide bonds. The fraction of sp³-hybridized carbons (Fsp3) is 1.00. The summed E-state index contributed by atoms with van der Waals surface area (Å²) in [5, 5.41) is 3.77. The average molecular weight is 195 g/mol. The maximum atomic E-state index is 3.77. The molecule has 3 unspecified atom stereocenters. The van der Waals surface area contributed by atoms with E-state index in [1.165, 1.54) is 45.1 Å². The molecule has 1 nitrogen and oxygen atoms in total. The van der Waals surface area contributed by atoms with Crippen LogP contribution < -0.4 is 5.32 Å². The summed E-state index contributed by atoms with van der Waals surface area (Å²) in [6.45, 7) is 5.89. The molecular weight excluding hydrogens is 170 g/mol. The second-order valence-corrected chi connectivity index (χ2v) is 5.77. The quantitative estimate of drug-likeness (QED) is 0.664. The Kier molecular flexibility index (Phi) is 3.48. The summed E-state index contributed by atoms with van der Waals surface area (Å²) in [5.41, 5.74) is 0. The third-order valence-corrected chi connectivity index (χ3v) is 4.10. The average Bonchev–Trinajstić information content (AvgIpc) is 2.73. The highest BCUT2D eigenvalue weighted by molar-refractivity contribution is 4.93. The molecule has 1 N–H and O–H groups in total. The zero-order valence-electron chi connectivity index (χ0n) is 9.76. The topological polar surface area (TPSA) is 12.0 Å². The second kappa shape index (κ2) is 4.65. The van der Waals surface area contributed by atoms with Crippen molar-refractivity contribution in [2.45, 2.75) is 58.4 Å². The third-order valence-electron chi connectivity index (χ3n) is 4.10. The first-order chi connectivity index (χ1) is 6.75. The van der Waals surface area contributed by atoms with Crippen LogP contribution >= 0.6 is 0 Å². The maximum absolute atomic E-state index is 3.77. The molecule has 0 aliphatic heterocycles. The van der Waals surface area contributed by atoms with Gasteiger partial charge in [0.05, 0.1) is 0 Å². The summed E-state index contributed by atoms with van der Waals surface area (Å²) < 4.78 is 0. The van der Waals surface area contributed by atoms with Gasteiger partial charge in [0, 0.05) is 6.04 Å². The van der Waals surface area contributed by atoms with Crippen molar-refractivity contribution in [1.29, 1.82) is 0 Å². The summed E-state index contributed by atoms with van der Waals surface area (Å²) in [6, 6.07) is 0.890. The Labute approximate surface area is 88.7 Å². The Morgan fingerprint density at radius 3 is 2.64 bits per heavy atom. The van der Waals surface area contributed by atoms with Gasteiger partial charge in [-0.3, -0.25) is 0 Å². The van der Waals surface area contributed by atoms with Gasteiger partial charge in [-0.05, 0) is 56.4 Å². The normalized spacial score (nSPS) is 35.8. The Hall–Kier alpha value is -0.0400. The van der Waals surface area contributed by atoms with Crippen LogP contribution in [0, 0.1) is 17.8 Å². The highest BCUT2D eigenvalue weighted by Gasteiger charge is 2.38. The summed E-state index contributed by atoms with van der Waals surface area (Å²) >= 11 is 0. The van der Waals surface area contributed by atoms with Gasteiger partial charge in [-0.15, -0.1) is 0 Å². The smallest absolute Gasteiger partial charge is 0.00980 e. The predicted octanol–water partition coefficient (Wildman–Crippen LogP) is 3.20. The van der Waals surface area contributed by atoms with E-state index in [-0.39, 0.29) is 0 Å². The van der Waals surface area contributed by atoms with Crippen LogP contribution in [-0.2, 0) is 0 Å². The van der Waals surface area contributed by atoms with Crippen molar-refractivity contribution >= 4 is 0 Å². The van der Waals surface area contributed by atoms with Crippen molar-refractivity contribution in [3.63, 3.8) is 0 Å². The number of rotatable bonds is 5. The molecule has 0 aromatic rings. The molecule has 0 aromatic carbocycles. The van der Waals surface area contributed by atoms with Crippen LogP contribution in [-0.4, -0.2) is 12.6 Å². The highest BCUT2D eigenvalue weighted by Crippen LogP contribution is 2.44. The fourth-order valence-electron chi connectivity index (χ4n) is 3.29. The van der Waals surface area contributed by atoms with E-state index in [9.17, 15) is 0 Å². The summed E-state index contributed by atoms with van der Waals surface area (Å²) in [4.78, 5) is 0. The number of nitrogens with one attached hydrogen (secondary N) is 1. The summed E-state index contributed by atoms with van der Waals surface area (Å²) in [5.74, 6) is 3.00. The first kappa shape index (κ1) is 10.5. The molecule has 2 aliphatic rings. The zero-order chi connectivity index (χ0) is 9.97. The maximum Gasteiger partial charge on any atom is 0.00980 e. The van der Waals surface area contributed by atoms with Crippen LogP contribution in [0.25, 0.3) is 0 Å². The SMILES string of the molecule is CC(C)CCCNC1CC2CCC1C2. The van der Waals surface area contributed by atoms with Crippen molar-refractivity contribution in [3.05, 3.63) is 0 Å². The van der Waals surface area contributed by atoms with Crippen LogP contribution in [0.4, 0.5) is 0 Å². The van der Waals surface area contributed by atoms with E-state index < -0.39 is 0 Å². The fourth-order valence-corrected chi connectivity index (χ4v) is 3.29. The standard InChI is InChI=1S/C13H25N/c1-10(2)4-3-7-14-13-9-11-5-6-12(13)8-11/h10-14H,3-9H2,1-2H3. The van der Waals surface area contributed by atoms with E-state index in [4.69, 9.17) is 0 Å². The molecule has 3 atom stereocenters. The molecule has 0 spiro atoms. The lowest BCUT2D eigenvalue weighted by atomic mass is 9.95. The summed E-state index contributed by atoms with van der Waals surface area (Å²) in [7, 11) is 0. The first-order valence-electron chi connectivity index (χ1n) is 6.49. The molecule has 14 heavy (non-hydrogen) atoms. The monoisotopic (exact) mass is 195 g/mol. The van der Waals surface area contributed by atoms with Crippen molar-refractivity contribution in [2.75, 3.05) is 6.54 Å². The van der Waals surface area contributed by atoms with Gasteiger partial charge in [-0.2, -0.15) is 0 Å². The Bertz CT molecular complexity index is 176. The van der Waals surface area contributed by atoms with E-state index >= 15 is 0 Å². The molecule has 82 valence electrons. The van der Waals surface area contributed by atoms with E-state index in [1.807, 2.05) is 0 Å². The molecule has 2 bridgehead atoms. The molecule has 2 aliphatic carbocycles. The lowest BCUT2D eigenvalue weighted by molar-refractivity contribution is 0.346. The van der Waals surface area contributed by atoms with Gasteiger partial charge < -0.3 is 5.32 Å². The van der Waals surface area contributed by atoms with Crippen molar-refractivity contribution in [1.82, 2.24) is 5.32 Å². The van der Waals surface area contributed by atoms with Crippen LogP contribution in [0.15, 0.2) is 0 Å². The molecular formula is C13H25N. The molecule has 1 heteroatoms. The van der Waals surface area contributed by atoms with E-state index in [2.05, 4.69) is 19.2 Å². The minimum absolute atomic E-state index is 0.872. The van der Waals surface area contributed by atoms with E-state index in [0.717, 1.165) is 23.8 Å². The number of fused-ring (bicyclic) bond motifs is 2. The van der Waals surface area contributed by atoms with Gasteiger partial charge in [0.15, 0.2) is 0 Å². The molecule has 0 aromatic heterocycles. The Morgan fingerprint density at radius 2 is 2.07 bits per heavy atom. The lowest BCUT2D eigenvalue weighted by Crippen LogP contribution is -2.34. The van der Waals surface area contributed by atoms with Gasteiger partial charge in [-0.1, -0.05) is 20.3 Å². The second-order valence-electron chi connectivity index (χ2n) is 5.77. The van der Waals surface area contributed by atoms with Crippen molar-refractivity contribution in [2.24, 2.45) is 17.8 Å². The van der Waals surface area contributed by atoms with Crippen LogP contribution in [0.2, 0.25) is 0 Å². The molecule has 2 rings (SSSR count). The van der Waals surface area contributed by atoms with Gasteiger partial charge in [0.2, 0.25) is 0 Å². The van der Waals surface area contributed by atoms with Crippen molar-refractivity contribution < 1.29 is 0 Å². The zero-order valence-corrected chi connectivity index (χ0v) is 9.76. The largest absolute Gasteiger partial charge is 0.314 e. The Balaban J connectivity index is 1.58. The summed E-state index contributed by atoms with van der Waals surface area (Å²) in [6.07, 6.45) is 8.79.